The highest BCUT2D eigenvalue weighted by Gasteiger charge is 2.13. The summed E-state index contributed by atoms with van der Waals surface area (Å²) >= 11 is 3.55. The number of hydrogen-bond acceptors (Lipinski definition) is 5. The lowest BCUT2D eigenvalue weighted by Crippen LogP contribution is -2.18. The molecule has 1 unspecified atom stereocenters. The molecule has 0 bridgehead atoms. The molecule has 1 aromatic heterocycles. The van der Waals surface area contributed by atoms with Crippen molar-refractivity contribution in [3.8, 4) is 11.5 Å². The highest BCUT2D eigenvalue weighted by Crippen LogP contribution is 2.33. The second-order valence-electron chi connectivity index (χ2n) is 4.71. The Morgan fingerprint density at radius 3 is 2.52 bits per heavy atom. The molecule has 1 aromatic carbocycles. The summed E-state index contributed by atoms with van der Waals surface area (Å²) in [4.78, 5) is 4.23. The number of halogens is 1. The van der Waals surface area contributed by atoms with Crippen LogP contribution in [0.5, 0.6) is 11.5 Å². The van der Waals surface area contributed by atoms with Crippen LogP contribution >= 0.6 is 15.9 Å². The van der Waals surface area contributed by atoms with E-state index >= 15 is 0 Å². The monoisotopic (exact) mass is 354 g/mol. The Morgan fingerprint density at radius 2 is 1.95 bits per heavy atom. The molecule has 0 aliphatic rings. The summed E-state index contributed by atoms with van der Waals surface area (Å²) in [6.45, 7) is 4.55. The van der Waals surface area contributed by atoms with E-state index in [4.69, 9.17) is 13.9 Å². The van der Waals surface area contributed by atoms with Crippen LogP contribution in [0.4, 0.5) is 0 Å². The minimum absolute atomic E-state index is 0.0266. The molecule has 114 valence electrons. The van der Waals surface area contributed by atoms with Gasteiger partial charge in [0.2, 0.25) is 5.89 Å². The van der Waals surface area contributed by atoms with Crippen molar-refractivity contribution in [2.75, 3.05) is 14.2 Å². The van der Waals surface area contributed by atoms with Crippen molar-refractivity contribution in [1.82, 2.24) is 10.3 Å². The van der Waals surface area contributed by atoms with Gasteiger partial charge in [-0.05, 0) is 31.5 Å². The molecule has 0 spiro atoms. The number of ether oxygens (including phenoxy) is 2. The Morgan fingerprint density at radius 1 is 1.29 bits per heavy atom. The van der Waals surface area contributed by atoms with E-state index in [1.807, 2.05) is 26.0 Å². The Labute approximate surface area is 132 Å². The Bertz CT molecular complexity index is 613. The van der Waals surface area contributed by atoms with Crippen molar-refractivity contribution < 1.29 is 13.9 Å². The van der Waals surface area contributed by atoms with Gasteiger partial charge in [0.25, 0.3) is 0 Å². The van der Waals surface area contributed by atoms with Crippen LogP contribution in [-0.4, -0.2) is 19.2 Å². The average molecular weight is 355 g/mol. The smallest absolute Gasteiger partial charge is 0.211 e. The summed E-state index contributed by atoms with van der Waals surface area (Å²) in [5, 5.41) is 3.38. The summed E-state index contributed by atoms with van der Waals surface area (Å²) in [6.07, 6.45) is 1.72. The molecule has 0 radical (unpaired) electrons. The number of oxazole rings is 1. The molecule has 2 rings (SSSR count). The minimum Gasteiger partial charge on any atom is -0.493 e. The number of aryl methyl sites for hydroxylation is 1. The lowest BCUT2D eigenvalue weighted by atomic mass is 10.2. The van der Waals surface area contributed by atoms with Gasteiger partial charge in [0, 0.05) is 11.0 Å². The van der Waals surface area contributed by atoms with Crippen molar-refractivity contribution in [1.29, 1.82) is 0 Å². The van der Waals surface area contributed by atoms with Crippen molar-refractivity contribution in [2.45, 2.75) is 26.4 Å². The van der Waals surface area contributed by atoms with Crippen LogP contribution < -0.4 is 14.8 Å². The van der Waals surface area contributed by atoms with E-state index in [0.29, 0.717) is 23.9 Å². The molecule has 0 aliphatic heterocycles. The number of nitrogens with one attached hydrogen (secondary N) is 1. The fraction of sp³-hybridized carbons (Fsp3) is 0.400. The minimum atomic E-state index is 0.0266. The van der Waals surface area contributed by atoms with Gasteiger partial charge in [-0.3, -0.25) is 0 Å². The van der Waals surface area contributed by atoms with Gasteiger partial charge in [0.1, 0.15) is 5.76 Å². The lowest BCUT2D eigenvalue weighted by molar-refractivity contribution is 0.353. The lowest BCUT2D eigenvalue weighted by Gasteiger charge is -2.14. The SMILES string of the molecule is COc1cc(Br)c(CNC(C)c2ncc(C)o2)cc1OC. The van der Waals surface area contributed by atoms with Gasteiger partial charge in [-0.15, -0.1) is 0 Å². The average Bonchev–Trinajstić information content (AvgIpc) is 2.91. The third-order valence-corrected chi connectivity index (χ3v) is 3.90. The Hall–Kier alpha value is -1.53. The molecule has 1 N–H and O–H groups in total. The number of hydrogen-bond donors (Lipinski definition) is 1. The summed E-state index contributed by atoms with van der Waals surface area (Å²) in [7, 11) is 3.25. The third-order valence-electron chi connectivity index (χ3n) is 3.16. The van der Waals surface area contributed by atoms with E-state index in [-0.39, 0.29) is 6.04 Å². The standard InChI is InChI=1S/C15H19BrN2O3/c1-9-7-18-15(21-9)10(2)17-8-11-5-13(19-3)14(20-4)6-12(11)16/h5-7,10,17H,8H2,1-4H3. The van der Waals surface area contributed by atoms with Gasteiger partial charge in [-0.1, -0.05) is 15.9 Å². The fourth-order valence-electron chi connectivity index (χ4n) is 1.95. The van der Waals surface area contributed by atoms with E-state index in [9.17, 15) is 0 Å². The highest BCUT2D eigenvalue weighted by molar-refractivity contribution is 9.10. The maximum absolute atomic E-state index is 5.52. The Balaban J connectivity index is 2.09. The molecule has 5 nitrogen and oxygen atoms in total. The van der Waals surface area contributed by atoms with Gasteiger partial charge in [-0.2, -0.15) is 0 Å². The number of benzene rings is 1. The van der Waals surface area contributed by atoms with Crippen molar-refractivity contribution in [2.24, 2.45) is 0 Å². The maximum Gasteiger partial charge on any atom is 0.211 e. The first-order valence-corrected chi connectivity index (χ1v) is 7.40. The molecule has 1 heterocycles. The topological polar surface area (TPSA) is 56.5 Å². The zero-order chi connectivity index (χ0) is 15.4. The molecule has 0 amide bonds. The zero-order valence-corrected chi connectivity index (χ0v) is 14.2. The largest absolute Gasteiger partial charge is 0.493 e. The molecule has 0 saturated carbocycles. The van der Waals surface area contributed by atoms with Gasteiger partial charge < -0.3 is 19.2 Å². The van der Waals surface area contributed by atoms with E-state index < -0.39 is 0 Å². The van der Waals surface area contributed by atoms with Crippen LogP contribution in [0.3, 0.4) is 0 Å². The van der Waals surface area contributed by atoms with Crippen LogP contribution in [-0.2, 0) is 6.54 Å². The van der Waals surface area contributed by atoms with Gasteiger partial charge in [-0.25, -0.2) is 4.98 Å². The summed E-state index contributed by atoms with van der Waals surface area (Å²) in [5.74, 6) is 2.90. The third kappa shape index (κ3) is 3.77. The van der Waals surface area contributed by atoms with Gasteiger partial charge in [0.15, 0.2) is 11.5 Å². The van der Waals surface area contributed by atoms with E-state index in [1.54, 1.807) is 20.4 Å². The number of nitrogens with zero attached hydrogens (tertiary/aromatic N) is 1. The van der Waals surface area contributed by atoms with E-state index in [0.717, 1.165) is 15.8 Å². The molecule has 0 fully saturated rings. The van der Waals surface area contributed by atoms with Crippen LogP contribution in [0.15, 0.2) is 27.2 Å². The quantitative estimate of drug-likeness (QED) is 0.858. The van der Waals surface area contributed by atoms with Crippen LogP contribution in [0.2, 0.25) is 0 Å². The molecule has 1 atom stereocenters. The molecule has 21 heavy (non-hydrogen) atoms. The van der Waals surface area contributed by atoms with Crippen LogP contribution in [0.25, 0.3) is 0 Å². The first-order chi connectivity index (χ1) is 10.0. The molecular formula is C15H19BrN2O3. The number of aromatic nitrogens is 1. The second kappa shape index (κ2) is 6.95. The van der Waals surface area contributed by atoms with Crippen molar-refractivity contribution in [3.05, 3.63) is 40.0 Å². The van der Waals surface area contributed by atoms with Crippen LogP contribution in [0.1, 0.15) is 30.2 Å². The molecule has 0 aliphatic carbocycles. The highest BCUT2D eigenvalue weighted by atomic mass is 79.9. The predicted octanol–water partition coefficient (Wildman–Crippen LogP) is 3.61. The molecule has 6 heteroatoms. The number of methoxy groups -OCH3 is 2. The summed E-state index contributed by atoms with van der Waals surface area (Å²) in [6, 6.07) is 3.87. The first-order valence-electron chi connectivity index (χ1n) is 6.61. The molecule has 2 aromatic rings. The zero-order valence-electron chi connectivity index (χ0n) is 12.6. The molecule has 0 saturated heterocycles. The van der Waals surface area contributed by atoms with Gasteiger partial charge >= 0.3 is 0 Å². The van der Waals surface area contributed by atoms with Gasteiger partial charge in [0.05, 0.1) is 26.5 Å². The predicted molar refractivity (Wildman–Crippen MR) is 83.7 cm³/mol. The molecular weight excluding hydrogens is 336 g/mol. The van der Waals surface area contributed by atoms with Crippen molar-refractivity contribution >= 4 is 15.9 Å². The number of rotatable bonds is 6. The fourth-order valence-corrected chi connectivity index (χ4v) is 2.42. The second-order valence-corrected chi connectivity index (χ2v) is 5.56. The van der Waals surface area contributed by atoms with E-state index in [2.05, 4.69) is 26.2 Å². The Kier molecular flexibility index (Phi) is 5.25. The summed E-state index contributed by atoms with van der Waals surface area (Å²) < 4.78 is 17.1. The van der Waals surface area contributed by atoms with Crippen LogP contribution in [0, 0.1) is 6.92 Å². The van der Waals surface area contributed by atoms with E-state index in [1.165, 1.54) is 0 Å². The normalized spacial score (nSPS) is 12.2. The maximum atomic E-state index is 5.52. The van der Waals surface area contributed by atoms with Crippen molar-refractivity contribution in [3.63, 3.8) is 0 Å². The summed E-state index contributed by atoms with van der Waals surface area (Å²) in [5.41, 5.74) is 1.07. The first kappa shape index (κ1) is 15.9.